The molecule has 22 heavy (non-hydrogen) atoms. The first-order valence-electron chi connectivity index (χ1n) is 7.95. The molecule has 5 heteroatoms. The van der Waals surface area contributed by atoms with Crippen molar-refractivity contribution in [3.63, 3.8) is 0 Å². The number of carbonyl (C=O) groups is 1. The van der Waals surface area contributed by atoms with E-state index in [4.69, 9.17) is 4.74 Å². The van der Waals surface area contributed by atoms with Crippen LogP contribution in [0.1, 0.15) is 36.5 Å². The van der Waals surface area contributed by atoms with E-state index in [1.165, 1.54) is 5.56 Å². The number of carbonyl (C=O) groups excluding carboxylic acids is 1. The molecule has 1 saturated heterocycles. The smallest absolute Gasteiger partial charge is 0.225 e. The van der Waals surface area contributed by atoms with Crippen LogP contribution < -0.4 is 0 Å². The lowest BCUT2D eigenvalue weighted by molar-refractivity contribution is -0.135. The van der Waals surface area contributed by atoms with Gasteiger partial charge in [0.15, 0.2) is 0 Å². The van der Waals surface area contributed by atoms with Gasteiger partial charge in [-0.25, -0.2) is 0 Å². The standard InChI is InChI=1S/C17H23NO3S/c1-18(14-7-10-22(20)11-8-14)17(19)12-16-15-5-3-2-4-13(15)6-9-21-16/h2-5,14,16H,6-12H2,1H3/t14?,16-,22?/m1/s1. The van der Waals surface area contributed by atoms with Crippen LogP contribution in [0, 0.1) is 0 Å². The first-order chi connectivity index (χ1) is 10.6. The summed E-state index contributed by atoms with van der Waals surface area (Å²) in [5, 5.41) is 0. The molecule has 0 bridgehead atoms. The van der Waals surface area contributed by atoms with Gasteiger partial charge in [0.05, 0.1) is 19.1 Å². The normalized spacial score (nSPS) is 28.0. The first kappa shape index (κ1) is 15.7. The molecule has 1 aromatic carbocycles. The number of amides is 1. The lowest BCUT2D eigenvalue weighted by atomic mass is 9.95. The molecule has 0 aliphatic carbocycles. The summed E-state index contributed by atoms with van der Waals surface area (Å²) in [6, 6.07) is 8.46. The molecular formula is C17H23NO3S. The minimum absolute atomic E-state index is 0.124. The van der Waals surface area contributed by atoms with Crippen LogP contribution >= 0.6 is 0 Å². The molecule has 1 atom stereocenters. The van der Waals surface area contributed by atoms with Crippen molar-refractivity contribution in [1.29, 1.82) is 0 Å². The van der Waals surface area contributed by atoms with Crippen molar-refractivity contribution in [2.75, 3.05) is 25.2 Å². The fourth-order valence-corrected chi connectivity index (χ4v) is 4.59. The second-order valence-electron chi connectivity index (χ2n) is 6.10. The van der Waals surface area contributed by atoms with Gasteiger partial charge in [0, 0.05) is 35.4 Å². The van der Waals surface area contributed by atoms with E-state index in [9.17, 15) is 9.00 Å². The minimum Gasteiger partial charge on any atom is -0.373 e. The molecule has 4 nitrogen and oxygen atoms in total. The molecule has 0 saturated carbocycles. The lowest BCUT2D eigenvalue weighted by Gasteiger charge is -2.33. The molecule has 1 fully saturated rings. The Kier molecular flexibility index (Phi) is 4.93. The Labute approximate surface area is 134 Å². The average molecular weight is 321 g/mol. The number of hydrogen-bond acceptors (Lipinski definition) is 3. The maximum atomic E-state index is 12.6. The summed E-state index contributed by atoms with van der Waals surface area (Å²) >= 11 is 0. The highest BCUT2D eigenvalue weighted by atomic mass is 32.2. The van der Waals surface area contributed by atoms with E-state index in [0.29, 0.717) is 24.5 Å². The molecule has 0 radical (unpaired) electrons. The summed E-state index contributed by atoms with van der Waals surface area (Å²) in [7, 11) is 1.18. The van der Waals surface area contributed by atoms with Gasteiger partial charge in [-0.3, -0.25) is 9.00 Å². The molecule has 0 spiro atoms. The molecule has 3 rings (SSSR count). The van der Waals surface area contributed by atoms with Gasteiger partial charge >= 0.3 is 0 Å². The molecule has 1 aromatic rings. The van der Waals surface area contributed by atoms with Crippen molar-refractivity contribution in [2.45, 2.75) is 37.8 Å². The van der Waals surface area contributed by atoms with Gasteiger partial charge in [-0.15, -0.1) is 0 Å². The predicted octanol–water partition coefficient (Wildman–Crippen LogP) is 2.06. The largest absolute Gasteiger partial charge is 0.373 e. The van der Waals surface area contributed by atoms with Gasteiger partial charge in [-0.2, -0.15) is 0 Å². The molecule has 2 aliphatic heterocycles. The number of nitrogens with zero attached hydrogens (tertiary/aromatic N) is 1. The van der Waals surface area contributed by atoms with Crippen molar-refractivity contribution >= 4 is 16.7 Å². The van der Waals surface area contributed by atoms with Crippen LogP contribution in [-0.2, 0) is 26.8 Å². The maximum Gasteiger partial charge on any atom is 0.225 e. The van der Waals surface area contributed by atoms with E-state index < -0.39 is 10.8 Å². The molecule has 0 N–H and O–H groups in total. The van der Waals surface area contributed by atoms with Crippen LogP contribution in [0.25, 0.3) is 0 Å². The molecular weight excluding hydrogens is 298 g/mol. The molecule has 2 aliphatic rings. The van der Waals surface area contributed by atoms with Crippen molar-refractivity contribution in [2.24, 2.45) is 0 Å². The number of hydrogen-bond donors (Lipinski definition) is 0. The second-order valence-corrected chi connectivity index (χ2v) is 7.79. The molecule has 1 amide bonds. The van der Waals surface area contributed by atoms with Gasteiger partial charge in [0.2, 0.25) is 5.91 Å². The highest BCUT2D eigenvalue weighted by molar-refractivity contribution is 7.85. The van der Waals surface area contributed by atoms with Crippen LogP contribution in [-0.4, -0.2) is 46.2 Å². The third-order valence-electron chi connectivity index (χ3n) is 4.75. The SMILES string of the molecule is CN(C(=O)C[C@H]1OCCc2ccccc21)C1CCS(=O)CC1. The minimum atomic E-state index is -0.689. The summed E-state index contributed by atoms with van der Waals surface area (Å²) in [5.74, 6) is 1.55. The van der Waals surface area contributed by atoms with E-state index in [1.54, 1.807) is 0 Å². The Morgan fingerprint density at radius 3 is 2.82 bits per heavy atom. The Morgan fingerprint density at radius 2 is 2.05 bits per heavy atom. The fourth-order valence-electron chi connectivity index (χ4n) is 3.32. The van der Waals surface area contributed by atoms with E-state index >= 15 is 0 Å². The molecule has 0 aromatic heterocycles. The van der Waals surface area contributed by atoms with Crippen molar-refractivity contribution in [1.82, 2.24) is 4.90 Å². The topological polar surface area (TPSA) is 46.6 Å². The maximum absolute atomic E-state index is 12.6. The van der Waals surface area contributed by atoms with Gasteiger partial charge in [0.25, 0.3) is 0 Å². The summed E-state index contributed by atoms with van der Waals surface area (Å²) in [6.45, 7) is 0.682. The summed E-state index contributed by atoms with van der Waals surface area (Å²) in [5.41, 5.74) is 2.45. The van der Waals surface area contributed by atoms with Gasteiger partial charge in [-0.05, 0) is 30.4 Å². The number of benzene rings is 1. The third-order valence-corrected chi connectivity index (χ3v) is 6.13. The van der Waals surface area contributed by atoms with E-state index in [0.717, 1.165) is 24.8 Å². The monoisotopic (exact) mass is 321 g/mol. The Hall–Kier alpha value is -1.20. The number of fused-ring (bicyclic) bond motifs is 1. The summed E-state index contributed by atoms with van der Waals surface area (Å²) in [6.07, 6.45) is 2.88. The van der Waals surface area contributed by atoms with Crippen molar-refractivity contribution in [3.8, 4) is 0 Å². The predicted molar refractivity (Wildman–Crippen MR) is 87.1 cm³/mol. The van der Waals surface area contributed by atoms with E-state index in [-0.39, 0.29) is 18.1 Å². The fraction of sp³-hybridized carbons (Fsp3) is 0.588. The van der Waals surface area contributed by atoms with Crippen LogP contribution in [0.4, 0.5) is 0 Å². The molecule has 2 heterocycles. The second kappa shape index (κ2) is 6.92. The first-order valence-corrected chi connectivity index (χ1v) is 9.44. The van der Waals surface area contributed by atoms with Crippen LogP contribution in [0.15, 0.2) is 24.3 Å². The Bertz CT molecular complexity index is 565. The van der Waals surface area contributed by atoms with Crippen LogP contribution in [0.3, 0.4) is 0 Å². The third kappa shape index (κ3) is 3.41. The average Bonchev–Trinajstić information content (AvgIpc) is 2.55. The summed E-state index contributed by atoms with van der Waals surface area (Å²) < 4.78 is 17.3. The number of ether oxygens (including phenoxy) is 1. The highest BCUT2D eigenvalue weighted by Crippen LogP contribution is 2.30. The Morgan fingerprint density at radius 1 is 1.32 bits per heavy atom. The van der Waals surface area contributed by atoms with Crippen LogP contribution in [0.5, 0.6) is 0 Å². The van der Waals surface area contributed by atoms with E-state index in [1.807, 2.05) is 24.1 Å². The zero-order chi connectivity index (χ0) is 15.5. The molecule has 0 unspecified atom stereocenters. The Balaban J connectivity index is 1.63. The van der Waals surface area contributed by atoms with Gasteiger partial charge in [-0.1, -0.05) is 24.3 Å². The van der Waals surface area contributed by atoms with Crippen molar-refractivity contribution < 1.29 is 13.7 Å². The zero-order valence-corrected chi connectivity index (χ0v) is 13.8. The van der Waals surface area contributed by atoms with Gasteiger partial charge < -0.3 is 9.64 Å². The number of rotatable bonds is 3. The van der Waals surface area contributed by atoms with Crippen LogP contribution in [0.2, 0.25) is 0 Å². The van der Waals surface area contributed by atoms with E-state index in [2.05, 4.69) is 12.1 Å². The van der Waals surface area contributed by atoms with Gasteiger partial charge in [0.1, 0.15) is 0 Å². The zero-order valence-electron chi connectivity index (χ0n) is 13.0. The highest BCUT2D eigenvalue weighted by Gasteiger charge is 2.28. The lowest BCUT2D eigenvalue weighted by Crippen LogP contribution is -2.42. The quantitative estimate of drug-likeness (QED) is 0.856. The molecule has 120 valence electrons. The summed E-state index contributed by atoms with van der Waals surface area (Å²) in [4.78, 5) is 14.4. The van der Waals surface area contributed by atoms with Crippen molar-refractivity contribution in [3.05, 3.63) is 35.4 Å².